The van der Waals surface area contributed by atoms with Gasteiger partial charge in [-0.1, -0.05) is 18.6 Å². The number of hydrogen-bond donors (Lipinski definition) is 2. The second kappa shape index (κ2) is 7.65. The first kappa shape index (κ1) is 15.3. The van der Waals surface area contributed by atoms with E-state index in [1.54, 1.807) is 18.2 Å². The first-order chi connectivity index (χ1) is 10.2. The maximum absolute atomic E-state index is 11.9. The Labute approximate surface area is 124 Å². The fourth-order valence-corrected chi connectivity index (χ4v) is 2.61. The minimum atomic E-state index is -0.284. The van der Waals surface area contributed by atoms with Crippen LogP contribution in [0.3, 0.4) is 0 Å². The quantitative estimate of drug-likeness (QED) is 0.829. The molecule has 21 heavy (non-hydrogen) atoms. The first-order valence-corrected chi connectivity index (χ1v) is 7.22. The van der Waals surface area contributed by atoms with Gasteiger partial charge in [0.15, 0.2) is 6.61 Å². The monoisotopic (exact) mass is 288 g/mol. The smallest absolute Gasteiger partial charge is 0.224 e. The second-order valence-corrected chi connectivity index (χ2v) is 5.33. The van der Waals surface area contributed by atoms with Gasteiger partial charge in [-0.3, -0.25) is 4.79 Å². The van der Waals surface area contributed by atoms with Gasteiger partial charge in [-0.25, -0.2) is 0 Å². The molecule has 1 aromatic rings. The lowest BCUT2D eigenvalue weighted by Crippen LogP contribution is -2.33. The minimum absolute atomic E-state index is 0.00474. The van der Waals surface area contributed by atoms with Gasteiger partial charge in [-0.2, -0.15) is 5.26 Å². The lowest BCUT2D eigenvalue weighted by molar-refractivity contribution is -0.120. The third kappa shape index (κ3) is 4.76. The first-order valence-electron chi connectivity index (χ1n) is 7.22. The second-order valence-electron chi connectivity index (χ2n) is 5.33. The summed E-state index contributed by atoms with van der Waals surface area (Å²) in [7, 11) is 0. The molecule has 5 heteroatoms. The molecule has 1 aliphatic rings. The average molecular weight is 288 g/mol. The molecule has 0 saturated heterocycles. The third-order valence-electron chi connectivity index (χ3n) is 3.75. The van der Waals surface area contributed by atoms with E-state index >= 15 is 0 Å². The van der Waals surface area contributed by atoms with E-state index < -0.39 is 0 Å². The molecule has 0 aromatic heterocycles. The van der Waals surface area contributed by atoms with Gasteiger partial charge in [0.2, 0.25) is 5.91 Å². The fourth-order valence-electron chi connectivity index (χ4n) is 2.61. The zero-order valence-corrected chi connectivity index (χ0v) is 11.9. The Balaban J connectivity index is 1.80. The highest BCUT2D eigenvalue weighted by Crippen LogP contribution is 2.24. The Hall–Kier alpha value is -2.06. The number of nitriles is 1. The molecule has 5 nitrogen and oxygen atoms in total. The van der Waals surface area contributed by atoms with Crippen molar-refractivity contribution in [3.63, 3.8) is 0 Å². The van der Waals surface area contributed by atoms with E-state index in [-0.39, 0.29) is 31.0 Å². The fraction of sp³-hybridized carbons (Fsp3) is 0.500. The summed E-state index contributed by atoms with van der Waals surface area (Å²) in [5, 5.41) is 21.1. The van der Waals surface area contributed by atoms with Gasteiger partial charge >= 0.3 is 0 Å². The van der Waals surface area contributed by atoms with Crippen molar-refractivity contribution in [2.75, 3.05) is 13.2 Å². The predicted octanol–water partition coefficient (Wildman–Crippen LogP) is 1.41. The van der Waals surface area contributed by atoms with Crippen LogP contribution in [-0.2, 0) is 11.2 Å². The zero-order chi connectivity index (χ0) is 15.1. The predicted molar refractivity (Wildman–Crippen MR) is 77.6 cm³/mol. The zero-order valence-electron chi connectivity index (χ0n) is 11.9. The molecule has 0 radical (unpaired) electrons. The molecule has 2 rings (SSSR count). The molecule has 0 bridgehead atoms. The number of ether oxygens (including phenoxy) is 1. The van der Waals surface area contributed by atoms with Gasteiger partial charge < -0.3 is 15.2 Å². The summed E-state index contributed by atoms with van der Waals surface area (Å²) < 4.78 is 5.21. The molecule has 1 amide bonds. The van der Waals surface area contributed by atoms with Crippen LogP contribution in [0.25, 0.3) is 0 Å². The molecule has 1 saturated carbocycles. The number of rotatable bonds is 6. The number of hydrogen-bond acceptors (Lipinski definition) is 4. The van der Waals surface area contributed by atoms with Gasteiger partial charge in [-0.05, 0) is 30.5 Å². The largest absolute Gasteiger partial charge is 0.479 e. The van der Waals surface area contributed by atoms with Crippen LogP contribution in [0.2, 0.25) is 0 Å². The number of amides is 1. The topological polar surface area (TPSA) is 82.3 Å². The molecule has 0 aliphatic heterocycles. The summed E-state index contributed by atoms with van der Waals surface area (Å²) >= 11 is 0. The van der Waals surface area contributed by atoms with Crippen molar-refractivity contribution in [1.82, 2.24) is 5.32 Å². The van der Waals surface area contributed by atoms with Crippen molar-refractivity contribution in [3.05, 3.63) is 29.8 Å². The van der Waals surface area contributed by atoms with Crippen molar-refractivity contribution in [2.45, 2.75) is 31.8 Å². The third-order valence-corrected chi connectivity index (χ3v) is 3.75. The van der Waals surface area contributed by atoms with Gasteiger partial charge in [0.25, 0.3) is 0 Å². The van der Waals surface area contributed by atoms with Crippen LogP contribution in [-0.4, -0.2) is 30.3 Å². The lowest BCUT2D eigenvalue weighted by Gasteiger charge is -2.15. The molecule has 2 N–H and O–H groups in total. The minimum Gasteiger partial charge on any atom is -0.479 e. The van der Waals surface area contributed by atoms with Crippen LogP contribution in [0.1, 0.15) is 24.8 Å². The average Bonchev–Trinajstić information content (AvgIpc) is 2.89. The highest BCUT2D eigenvalue weighted by molar-refractivity contribution is 5.78. The number of nitrogens with zero attached hydrogens (tertiary/aromatic N) is 1. The van der Waals surface area contributed by atoms with Gasteiger partial charge in [0.1, 0.15) is 11.8 Å². The van der Waals surface area contributed by atoms with Crippen molar-refractivity contribution in [1.29, 1.82) is 5.26 Å². The number of aliphatic hydroxyl groups is 1. The standard InChI is InChI=1S/C16H20N2O3/c17-7-8-21-14-5-1-3-12(9-14)10-16(20)18-11-13-4-2-6-15(13)19/h1,3,5,9,13,15,19H,2,4,6,8,10-11H2,(H,18,20). The maximum atomic E-state index is 11.9. The highest BCUT2D eigenvalue weighted by Gasteiger charge is 2.25. The van der Waals surface area contributed by atoms with Crippen molar-refractivity contribution in [2.24, 2.45) is 5.92 Å². The normalized spacial score (nSPS) is 20.8. The maximum Gasteiger partial charge on any atom is 0.224 e. The van der Waals surface area contributed by atoms with Crippen LogP contribution in [0.4, 0.5) is 0 Å². The van der Waals surface area contributed by atoms with E-state index in [2.05, 4.69) is 5.32 Å². The Bertz CT molecular complexity index is 524. The van der Waals surface area contributed by atoms with Crippen LogP contribution in [0.15, 0.2) is 24.3 Å². The number of benzene rings is 1. The Kier molecular flexibility index (Phi) is 5.59. The number of aliphatic hydroxyl groups excluding tert-OH is 1. The molecule has 0 spiro atoms. The number of carbonyl (C=O) groups is 1. The number of carbonyl (C=O) groups excluding carboxylic acids is 1. The molecule has 1 aliphatic carbocycles. The van der Waals surface area contributed by atoms with E-state index in [4.69, 9.17) is 10.00 Å². The van der Waals surface area contributed by atoms with E-state index in [1.165, 1.54) is 0 Å². The van der Waals surface area contributed by atoms with Crippen molar-refractivity contribution in [3.8, 4) is 11.8 Å². The molecule has 2 atom stereocenters. The Morgan fingerprint density at radius 2 is 2.33 bits per heavy atom. The summed E-state index contributed by atoms with van der Waals surface area (Å²) in [6.07, 6.45) is 2.82. The van der Waals surface area contributed by atoms with E-state index in [0.717, 1.165) is 24.8 Å². The Morgan fingerprint density at radius 3 is 3.05 bits per heavy atom. The summed E-state index contributed by atoms with van der Waals surface area (Å²) in [6.45, 7) is 0.528. The molecular formula is C16H20N2O3. The van der Waals surface area contributed by atoms with Crippen LogP contribution < -0.4 is 10.1 Å². The lowest BCUT2D eigenvalue weighted by atomic mass is 10.1. The van der Waals surface area contributed by atoms with Gasteiger partial charge in [0, 0.05) is 12.5 Å². The molecule has 1 fully saturated rings. The van der Waals surface area contributed by atoms with E-state index in [1.807, 2.05) is 12.1 Å². The summed E-state index contributed by atoms with van der Waals surface area (Å²) in [4.78, 5) is 11.9. The SMILES string of the molecule is N#CCOc1cccc(CC(=O)NCC2CCCC2O)c1. The number of nitrogens with one attached hydrogen (secondary N) is 1. The molecule has 112 valence electrons. The molecule has 1 aromatic carbocycles. The van der Waals surface area contributed by atoms with Crippen molar-refractivity contribution >= 4 is 5.91 Å². The molecular weight excluding hydrogens is 268 g/mol. The van der Waals surface area contributed by atoms with Crippen molar-refractivity contribution < 1.29 is 14.6 Å². The van der Waals surface area contributed by atoms with Crippen LogP contribution in [0.5, 0.6) is 5.75 Å². The Morgan fingerprint density at radius 1 is 1.48 bits per heavy atom. The van der Waals surface area contributed by atoms with E-state index in [0.29, 0.717) is 12.3 Å². The van der Waals surface area contributed by atoms with Crippen LogP contribution in [0, 0.1) is 17.2 Å². The summed E-state index contributed by atoms with van der Waals surface area (Å²) in [6, 6.07) is 9.08. The van der Waals surface area contributed by atoms with E-state index in [9.17, 15) is 9.90 Å². The molecule has 0 heterocycles. The summed E-state index contributed by atoms with van der Waals surface area (Å²) in [5.41, 5.74) is 0.843. The van der Waals surface area contributed by atoms with Gasteiger partial charge in [-0.15, -0.1) is 0 Å². The van der Waals surface area contributed by atoms with Crippen LogP contribution >= 0.6 is 0 Å². The highest BCUT2D eigenvalue weighted by atomic mass is 16.5. The van der Waals surface area contributed by atoms with Gasteiger partial charge in [0.05, 0.1) is 12.5 Å². The summed E-state index contributed by atoms with van der Waals surface area (Å²) in [5.74, 6) is 0.707. The molecule has 2 unspecified atom stereocenters.